The number of alkyl halides is 2. The Morgan fingerprint density at radius 2 is 1.83 bits per heavy atom. The van der Waals surface area contributed by atoms with Crippen molar-refractivity contribution in [1.29, 1.82) is 0 Å². The number of halogens is 2. The van der Waals surface area contributed by atoms with Crippen LogP contribution >= 0.6 is 15.9 Å². The van der Waals surface area contributed by atoms with E-state index in [9.17, 15) is 9.18 Å². The van der Waals surface area contributed by atoms with Crippen molar-refractivity contribution in [2.24, 2.45) is 0 Å². The van der Waals surface area contributed by atoms with E-state index in [1.54, 1.807) is 0 Å². The highest BCUT2D eigenvalue weighted by molar-refractivity contribution is 9.09. The van der Waals surface area contributed by atoms with Crippen LogP contribution in [0.5, 0.6) is 0 Å². The molecule has 3 nitrogen and oxygen atoms in total. The molecule has 0 aromatic carbocycles. The normalized spacial score (nSPS) is 16.2. The zero-order valence-electron chi connectivity index (χ0n) is 11.2. The summed E-state index contributed by atoms with van der Waals surface area (Å²) in [6.45, 7) is 5.58. The van der Waals surface area contributed by atoms with E-state index in [0.717, 1.165) is 25.7 Å². The minimum atomic E-state index is -1.61. The van der Waals surface area contributed by atoms with Crippen molar-refractivity contribution >= 4 is 22.2 Å². The Labute approximate surface area is 118 Å². The molecule has 0 aromatic rings. The fourth-order valence-electron chi connectivity index (χ4n) is 1.37. The summed E-state index contributed by atoms with van der Waals surface area (Å²) in [6, 6.07) is 0. The third kappa shape index (κ3) is 8.16. The number of rotatable bonds is 12. The summed E-state index contributed by atoms with van der Waals surface area (Å²) >= 11 is 3.34. The number of carbonyl (C=O) groups is 1. The molecule has 0 heterocycles. The van der Waals surface area contributed by atoms with Gasteiger partial charge < -0.3 is 14.3 Å². The molecular weight excluding hydrogens is 303 g/mol. The van der Waals surface area contributed by atoms with Crippen molar-refractivity contribution < 1.29 is 18.7 Å². The van der Waals surface area contributed by atoms with Crippen molar-refractivity contribution in [2.45, 2.75) is 56.6 Å². The van der Waals surface area contributed by atoms with Crippen LogP contribution in [0.4, 0.5) is 4.39 Å². The van der Waals surface area contributed by atoms with E-state index < -0.39 is 12.3 Å². The van der Waals surface area contributed by atoms with Crippen molar-refractivity contribution in [3.8, 4) is 0 Å². The molecule has 0 N–H and O–H groups in total. The van der Waals surface area contributed by atoms with Crippen LogP contribution < -0.4 is 0 Å². The quantitative estimate of drug-likeness (QED) is 0.313. The Morgan fingerprint density at radius 3 is 2.39 bits per heavy atom. The number of carbonyl (C=O) groups excluding carboxylic acids is 1. The second kappa shape index (κ2) is 12.1. The van der Waals surface area contributed by atoms with Crippen molar-refractivity contribution in [2.75, 3.05) is 19.8 Å². The molecule has 0 saturated heterocycles. The smallest absolute Gasteiger partial charge is 0.182 e. The van der Waals surface area contributed by atoms with Crippen molar-refractivity contribution in [3.05, 3.63) is 0 Å². The molecule has 0 unspecified atom stereocenters. The standard InChI is InChI=1S/C13H24BrFO3/c1-3-5-7-17-10-11(14)13(12(15)9-16)18-8-6-4-2/h9,11-13H,3-8,10H2,1-2H3/t11-,12+,13+/m0/s1. The van der Waals surface area contributed by atoms with Gasteiger partial charge in [0.25, 0.3) is 0 Å². The summed E-state index contributed by atoms with van der Waals surface area (Å²) in [5, 5.41) is 0. The summed E-state index contributed by atoms with van der Waals surface area (Å²) in [4.78, 5) is 10.2. The molecule has 0 saturated carbocycles. The maximum absolute atomic E-state index is 13.5. The van der Waals surface area contributed by atoms with Crippen LogP contribution in [0.25, 0.3) is 0 Å². The van der Waals surface area contributed by atoms with Gasteiger partial charge in [0, 0.05) is 13.2 Å². The Morgan fingerprint density at radius 1 is 1.22 bits per heavy atom. The summed E-state index contributed by atoms with van der Waals surface area (Å²) in [5.41, 5.74) is 0. The van der Waals surface area contributed by atoms with E-state index in [1.807, 2.05) is 6.92 Å². The van der Waals surface area contributed by atoms with E-state index in [4.69, 9.17) is 9.47 Å². The van der Waals surface area contributed by atoms with Crippen molar-refractivity contribution in [1.82, 2.24) is 0 Å². The largest absolute Gasteiger partial charge is 0.380 e. The molecule has 0 fully saturated rings. The molecular formula is C13H24BrFO3. The van der Waals surface area contributed by atoms with Gasteiger partial charge in [0.05, 0.1) is 11.4 Å². The summed E-state index contributed by atoms with van der Waals surface area (Å²) in [6.07, 6.45) is 1.79. The third-order valence-electron chi connectivity index (χ3n) is 2.53. The fraction of sp³-hybridized carbons (Fsp3) is 0.923. The van der Waals surface area contributed by atoms with E-state index >= 15 is 0 Å². The molecule has 0 spiro atoms. The van der Waals surface area contributed by atoms with Gasteiger partial charge in [0.1, 0.15) is 6.10 Å². The maximum atomic E-state index is 13.5. The zero-order valence-corrected chi connectivity index (χ0v) is 12.8. The first kappa shape index (κ1) is 18.0. The zero-order chi connectivity index (χ0) is 13.8. The van der Waals surface area contributed by atoms with Crippen LogP contribution in [0.15, 0.2) is 0 Å². The number of ether oxygens (including phenoxy) is 2. The molecule has 0 aliphatic heterocycles. The third-order valence-corrected chi connectivity index (χ3v) is 3.31. The van der Waals surface area contributed by atoms with Crippen LogP contribution in [-0.2, 0) is 14.3 Å². The lowest BCUT2D eigenvalue weighted by Gasteiger charge is -2.23. The van der Waals surface area contributed by atoms with E-state index in [-0.39, 0.29) is 11.1 Å². The first-order valence-electron chi connectivity index (χ1n) is 6.60. The first-order valence-corrected chi connectivity index (χ1v) is 7.51. The monoisotopic (exact) mass is 326 g/mol. The van der Waals surface area contributed by atoms with Crippen LogP contribution in [0.3, 0.4) is 0 Å². The van der Waals surface area contributed by atoms with E-state index in [1.165, 1.54) is 0 Å². The molecule has 0 aliphatic rings. The van der Waals surface area contributed by atoms with Gasteiger partial charge >= 0.3 is 0 Å². The van der Waals surface area contributed by atoms with Crippen LogP contribution in [-0.4, -0.2) is 43.2 Å². The van der Waals surface area contributed by atoms with Gasteiger partial charge in [-0.3, -0.25) is 0 Å². The minimum absolute atomic E-state index is 0.289. The van der Waals surface area contributed by atoms with Gasteiger partial charge in [-0.25, -0.2) is 4.39 Å². The topological polar surface area (TPSA) is 35.5 Å². The maximum Gasteiger partial charge on any atom is 0.182 e. The SMILES string of the molecule is CCCCOC[C@H](Br)[C@@H](OCCCC)[C@H](F)C=O. The van der Waals surface area contributed by atoms with Gasteiger partial charge in [-0.1, -0.05) is 42.6 Å². The number of hydrogen-bond acceptors (Lipinski definition) is 3. The lowest BCUT2D eigenvalue weighted by molar-refractivity contribution is -0.118. The molecule has 0 bridgehead atoms. The van der Waals surface area contributed by atoms with Crippen LogP contribution in [0.1, 0.15) is 39.5 Å². The molecule has 18 heavy (non-hydrogen) atoms. The second-order valence-electron chi connectivity index (χ2n) is 4.21. The summed E-state index contributed by atoms with van der Waals surface area (Å²) in [5.74, 6) is 0. The second-order valence-corrected chi connectivity index (χ2v) is 5.39. The van der Waals surface area contributed by atoms with E-state index in [2.05, 4.69) is 22.9 Å². The van der Waals surface area contributed by atoms with Gasteiger partial charge in [-0.2, -0.15) is 0 Å². The van der Waals surface area contributed by atoms with Gasteiger partial charge in [-0.05, 0) is 12.8 Å². The highest BCUT2D eigenvalue weighted by Crippen LogP contribution is 2.16. The average Bonchev–Trinajstić information content (AvgIpc) is 2.38. The molecule has 108 valence electrons. The average molecular weight is 327 g/mol. The molecule has 0 aromatic heterocycles. The van der Waals surface area contributed by atoms with Crippen LogP contribution in [0, 0.1) is 0 Å². The van der Waals surface area contributed by atoms with Gasteiger partial charge in [0.15, 0.2) is 12.5 Å². The van der Waals surface area contributed by atoms with E-state index in [0.29, 0.717) is 19.8 Å². The van der Waals surface area contributed by atoms with Crippen molar-refractivity contribution in [3.63, 3.8) is 0 Å². The molecule has 0 rings (SSSR count). The van der Waals surface area contributed by atoms with Gasteiger partial charge in [0.2, 0.25) is 0 Å². The lowest BCUT2D eigenvalue weighted by atomic mass is 10.2. The minimum Gasteiger partial charge on any atom is -0.380 e. The summed E-state index contributed by atoms with van der Waals surface area (Å²) < 4.78 is 24.3. The lowest BCUT2D eigenvalue weighted by Crippen LogP contribution is -2.38. The predicted octanol–water partition coefficient (Wildman–Crippen LogP) is 3.29. The Kier molecular flexibility index (Phi) is 12.1. The van der Waals surface area contributed by atoms with Crippen LogP contribution in [0.2, 0.25) is 0 Å². The Hall–Kier alpha value is 0. The summed E-state index contributed by atoms with van der Waals surface area (Å²) in [7, 11) is 0. The highest BCUT2D eigenvalue weighted by Gasteiger charge is 2.28. The van der Waals surface area contributed by atoms with Gasteiger partial charge in [-0.15, -0.1) is 0 Å². The molecule has 3 atom stereocenters. The number of unbranched alkanes of at least 4 members (excludes halogenated alkanes) is 2. The molecule has 0 aliphatic carbocycles. The number of hydrogen-bond donors (Lipinski definition) is 0. The first-order chi connectivity index (χ1) is 8.67. The molecule has 0 radical (unpaired) electrons. The fourth-order valence-corrected chi connectivity index (χ4v) is 2.01. The molecule has 5 heteroatoms. The number of aldehydes is 1. The Bertz CT molecular complexity index is 205. The Balaban J connectivity index is 4.05. The molecule has 0 amide bonds. The highest BCUT2D eigenvalue weighted by atomic mass is 79.9. The predicted molar refractivity (Wildman–Crippen MR) is 74.1 cm³/mol.